The standard InChI is InChI=1S/C11H14O2S/c1-3-13-11(12)6-4-5-10-7-9(2)14-8-10/h4-5,7-8H,3,6H2,1-2H3. The summed E-state index contributed by atoms with van der Waals surface area (Å²) >= 11 is 1.71. The summed E-state index contributed by atoms with van der Waals surface area (Å²) < 4.78 is 4.80. The highest BCUT2D eigenvalue weighted by Crippen LogP contribution is 2.14. The van der Waals surface area contributed by atoms with Crippen molar-refractivity contribution in [1.82, 2.24) is 0 Å². The lowest BCUT2D eigenvalue weighted by molar-refractivity contribution is -0.142. The van der Waals surface area contributed by atoms with Crippen LogP contribution in [-0.2, 0) is 9.53 Å². The van der Waals surface area contributed by atoms with Crippen molar-refractivity contribution < 1.29 is 9.53 Å². The number of hydrogen-bond acceptors (Lipinski definition) is 3. The monoisotopic (exact) mass is 210 g/mol. The van der Waals surface area contributed by atoms with Crippen LogP contribution in [0.4, 0.5) is 0 Å². The van der Waals surface area contributed by atoms with Crippen LogP contribution in [0.15, 0.2) is 17.5 Å². The molecule has 0 aromatic carbocycles. The largest absolute Gasteiger partial charge is 0.466 e. The van der Waals surface area contributed by atoms with Crippen LogP contribution in [0.3, 0.4) is 0 Å². The van der Waals surface area contributed by atoms with Crippen molar-refractivity contribution in [2.24, 2.45) is 0 Å². The van der Waals surface area contributed by atoms with Gasteiger partial charge in [0.05, 0.1) is 13.0 Å². The summed E-state index contributed by atoms with van der Waals surface area (Å²) in [5.41, 5.74) is 1.15. The predicted molar refractivity (Wildman–Crippen MR) is 59.3 cm³/mol. The summed E-state index contributed by atoms with van der Waals surface area (Å²) in [6.45, 7) is 4.32. The first-order chi connectivity index (χ1) is 6.72. The number of thiophene rings is 1. The predicted octanol–water partition coefficient (Wildman–Crippen LogP) is 3.02. The van der Waals surface area contributed by atoms with Gasteiger partial charge in [-0.2, -0.15) is 0 Å². The van der Waals surface area contributed by atoms with Crippen LogP contribution in [-0.4, -0.2) is 12.6 Å². The van der Waals surface area contributed by atoms with E-state index in [4.69, 9.17) is 4.74 Å². The quantitative estimate of drug-likeness (QED) is 0.714. The number of carbonyl (C=O) groups is 1. The first-order valence-corrected chi connectivity index (χ1v) is 5.47. The van der Waals surface area contributed by atoms with Gasteiger partial charge in [0.1, 0.15) is 0 Å². The van der Waals surface area contributed by atoms with Crippen molar-refractivity contribution in [3.63, 3.8) is 0 Å². The molecule has 0 bridgehead atoms. The maximum atomic E-state index is 11.0. The number of aryl methyl sites for hydroxylation is 1. The van der Waals surface area contributed by atoms with Crippen LogP contribution in [0, 0.1) is 6.92 Å². The van der Waals surface area contributed by atoms with Crippen LogP contribution in [0.1, 0.15) is 23.8 Å². The van der Waals surface area contributed by atoms with E-state index >= 15 is 0 Å². The van der Waals surface area contributed by atoms with Crippen molar-refractivity contribution in [3.05, 3.63) is 28.0 Å². The normalized spacial score (nSPS) is 10.7. The molecule has 0 aliphatic heterocycles. The van der Waals surface area contributed by atoms with Gasteiger partial charge in [0, 0.05) is 4.88 Å². The number of carbonyl (C=O) groups excluding carboxylic acids is 1. The Kier molecular flexibility index (Phi) is 4.40. The third-order valence-electron chi connectivity index (χ3n) is 1.65. The summed E-state index contributed by atoms with van der Waals surface area (Å²) in [6.07, 6.45) is 4.13. The van der Waals surface area contributed by atoms with Crippen molar-refractivity contribution in [1.29, 1.82) is 0 Å². The Morgan fingerprint density at radius 1 is 1.64 bits per heavy atom. The Bertz CT molecular complexity index is 326. The highest BCUT2D eigenvalue weighted by Gasteiger charge is 1.96. The Balaban J connectivity index is 2.37. The fraction of sp³-hybridized carbons (Fsp3) is 0.364. The van der Waals surface area contributed by atoms with Crippen LogP contribution >= 0.6 is 11.3 Å². The van der Waals surface area contributed by atoms with Crippen LogP contribution in [0.2, 0.25) is 0 Å². The van der Waals surface area contributed by atoms with Gasteiger partial charge in [-0.3, -0.25) is 4.79 Å². The molecular formula is C11H14O2S. The highest BCUT2D eigenvalue weighted by atomic mass is 32.1. The van der Waals surface area contributed by atoms with Crippen LogP contribution in [0.25, 0.3) is 6.08 Å². The van der Waals surface area contributed by atoms with Gasteiger partial charge in [-0.1, -0.05) is 12.2 Å². The summed E-state index contributed by atoms with van der Waals surface area (Å²) in [5.74, 6) is -0.171. The molecule has 1 aromatic rings. The smallest absolute Gasteiger partial charge is 0.309 e. The molecule has 14 heavy (non-hydrogen) atoms. The van der Waals surface area contributed by atoms with Crippen molar-refractivity contribution in [2.75, 3.05) is 6.61 Å². The first kappa shape index (κ1) is 11.0. The van der Waals surface area contributed by atoms with Crippen molar-refractivity contribution in [3.8, 4) is 0 Å². The minimum atomic E-state index is -0.171. The Hall–Kier alpha value is -1.09. The zero-order valence-electron chi connectivity index (χ0n) is 8.45. The molecule has 0 N–H and O–H groups in total. The fourth-order valence-electron chi connectivity index (χ4n) is 1.06. The highest BCUT2D eigenvalue weighted by molar-refractivity contribution is 7.10. The molecule has 0 fully saturated rings. The van der Waals surface area contributed by atoms with Crippen LogP contribution in [0.5, 0.6) is 0 Å². The molecule has 1 heterocycles. The number of rotatable bonds is 4. The van der Waals surface area contributed by atoms with E-state index in [-0.39, 0.29) is 5.97 Å². The van der Waals surface area contributed by atoms with Gasteiger partial charge in [0.2, 0.25) is 0 Å². The van der Waals surface area contributed by atoms with Crippen molar-refractivity contribution >= 4 is 23.4 Å². The van der Waals surface area contributed by atoms with Gasteiger partial charge < -0.3 is 4.74 Å². The Labute approximate surface area is 88.2 Å². The topological polar surface area (TPSA) is 26.3 Å². The van der Waals surface area contributed by atoms with Gasteiger partial charge in [0.25, 0.3) is 0 Å². The van der Waals surface area contributed by atoms with E-state index in [1.54, 1.807) is 11.3 Å². The number of hydrogen-bond donors (Lipinski definition) is 0. The SMILES string of the molecule is CCOC(=O)CC=Cc1csc(C)c1. The lowest BCUT2D eigenvalue weighted by Gasteiger charge is -1.95. The second kappa shape index (κ2) is 5.60. The lowest BCUT2D eigenvalue weighted by atomic mass is 10.2. The summed E-state index contributed by atoms with van der Waals surface area (Å²) in [5, 5.41) is 2.07. The molecule has 0 saturated heterocycles. The van der Waals surface area contributed by atoms with Crippen LogP contribution < -0.4 is 0 Å². The molecule has 0 radical (unpaired) electrons. The average Bonchev–Trinajstić information content (AvgIpc) is 2.52. The second-order valence-corrected chi connectivity index (χ2v) is 4.02. The third kappa shape index (κ3) is 3.75. The summed E-state index contributed by atoms with van der Waals surface area (Å²) in [6, 6.07) is 2.09. The van der Waals surface area contributed by atoms with E-state index < -0.39 is 0 Å². The van der Waals surface area contributed by atoms with E-state index in [9.17, 15) is 4.79 Å². The Morgan fingerprint density at radius 2 is 2.43 bits per heavy atom. The average molecular weight is 210 g/mol. The van der Waals surface area contributed by atoms with Gasteiger partial charge in [-0.25, -0.2) is 0 Å². The van der Waals surface area contributed by atoms with E-state index in [0.717, 1.165) is 5.56 Å². The zero-order chi connectivity index (χ0) is 10.4. The number of esters is 1. The molecule has 0 saturated carbocycles. The van der Waals surface area contributed by atoms with E-state index in [2.05, 4.69) is 18.4 Å². The molecule has 0 aliphatic rings. The maximum absolute atomic E-state index is 11.0. The molecule has 0 unspecified atom stereocenters. The molecule has 3 heteroatoms. The van der Waals surface area contributed by atoms with E-state index in [0.29, 0.717) is 13.0 Å². The fourth-order valence-corrected chi connectivity index (χ4v) is 1.73. The lowest BCUT2D eigenvalue weighted by Crippen LogP contribution is -2.01. The summed E-state index contributed by atoms with van der Waals surface area (Å²) in [7, 11) is 0. The molecular weight excluding hydrogens is 196 g/mol. The zero-order valence-corrected chi connectivity index (χ0v) is 9.26. The minimum absolute atomic E-state index is 0.171. The molecule has 0 spiro atoms. The maximum Gasteiger partial charge on any atom is 0.309 e. The van der Waals surface area contributed by atoms with Crippen molar-refractivity contribution in [2.45, 2.75) is 20.3 Å². The number of ether oxygens (including phenoxy) is 1. The molecule has 1 aromatic heterocycles. The molecule has 0 amide bonds. The van der Waals surface area contributed by atoms with E-state index in [1.165, 1.54) is 4.88 Å². The summed E-state index contributed by atoms with van der Waals surface area (Å²) in [4.78, 5) is 12.2. The minimum Gasteiger partial charge on any atom is -0.466 e. The first-order valence-electron chi connectivity index (χ1n) is 4.59. The molecule has 76 valence electrons. The van der Waals surface area contributed by atoms with Gasteiger partial charge in [0.15, 0.2) is 0 Å². The Morgan fingerprint density at radius 3 is 3.00 bits per heavy atom. The van der Waals surface area contributed by atoms with Gasteiger partial charge in [-0.15, -0.1) is 11.3 Å². The van der Waals surface area contributed by atoms with E-state index in [1.807, 2.05) is 19.1 Å². The molecule has 0 aliphatic carbocycles. The van der Waals surface area contributed by atoms with Gasteiger partial charge >= 0.3 is 5.97 Å². The molecule has 0 atom stereocenters. The third-order valence-corrected chi connectivity index (χ3v) is 2.53. The van der Waals surface area contributed by atoms with Gasteiger partial charge in [-0.05, 0) is 30.9 Å². The molecule has 1 rings (SSSR count). The second-order valence-electron chi connectivity index (χ2n) is 2.90. The molecule has 2 nitrogen and oxygen atoms in total.